The lowest BCUT2D eigenvalue weighted by atomic mass is 9.86. The molecule has 7 heteroatoms. The Morgan fingerprint density at radius 3 is 2.58 bits per heavy atom. The number of nitrogens with one attached hydrogen (secondary N) is 1. The number of hydrogen-bond donors (Lipinski definition) is 1. The summed E-state index contributed by atoms with van der Waals surface area (Å²) in [7, 11) is 0. The highest BCUT2D eigenvalue weighted by Gasteiger charge is 2.32. The Bertz CT molecular complexity index is 838. The standard InChI is InChI=1S/C29H47ClN4S2/c1-5-26(33-18-15-23(16-19-33)22(3)4)14-9-7-8-10-17-31-29-34(27(6-2)21-36-29)28(35)32-25-13-11-12-24(30)20-25/h11-13,20,22-23,26-27H,5-10,14-19,21H2,1-4H3,(H,32,35)/b31-29+. The minimum absolute atomic E-state index is 0.393. The normalized spacial score (nSPS) is 21.4. The number of piperidine rings is 1. The highest BCUT2D eigenvalue weighted by molar-refractivity contribution is 8.14. The zero-order chi connectivity index (χ0) is 25.9. The largest absolute Gasteiger partial charge is 0.332 e. The number of thioether (sulfide) groups is 1. The maximum absolute atomic E-state index is 6.15. The fourth-order valence-electron chi connectivity index (χ4n) is 5.51. The van der Waals surface area contributed by atoms with Crippen molar-refractivity contribution in [2.24, 2.45) is 16.8 Å². The Labute approximate surface area is 235 Å². The smallest absolute Gasteiger partial charge is 0.179 e. The molecule has 3 rings (SSSR count). The van der Waals surface area contributed by atoms with Crippen molar-refractivity contribution < 1.29 is 0 Å². The molecule has 2 unspecified atom stereocenters. The number of nitrogens with zero attached hydrogens (tertiary/aromatic N) is 3. The molecule has 2 atom stereocenters. The number of unbranched alkanes of at least 4 members (excludes halogenated alkanes) is 3. The number of benzene rings is 1. The molecule has 2 fully saturated rings. The van der Waals surface area contributed by atoms with Gasteiger partial charge in [-0.1, -0.05) is 76.4 Å². The Kier molecular flexibility index (Phi) is 12.8. The van der Waals surface area contributed by atoms with Crippen LogP contribution in [0.5, 0.6) is 0 Å². The van der Waals surface area contributed by atoms with E-state index in [1.54, 1.807) is 0 Å². The first-order valence-electron chi connectivity index (χ1n) is 14.2. The maximum atomic E-state index is 6.15. The second kappa shape index (κ2) is 15.6. The molecule has 0 radical (unpaired) electrons. The van der Waals surface area contributed by atoms with Crippen LogP contribution in [-0.4, -0.2) is 57.6 Å². The van der Waals surface area contributed by atoms with Crippen molar-refractivity contribution in [3.05, 3.63) is 29.3 Å². The van der Waals surface area contributed by atoms with Crippen molar-refractivity contribution in [2.45, 2.75) is 97.6 Å². The quantitative estimate of drug-likeness (QED) is 0.209. The van der Waals surface area contributed by atoms with Crippen LogP contribution in [0.3, 0.4) is 0 Å². The minimum Gasteiger partial charge on any atom is -0.332 e. The lowest BCUT2D eigenvalue weighted by Crippen LogP contribution is -2.42. The fraction of sp³-hybridized carbons (Fsp3) is 0.724. The first-order chi connectivity index (χ1) is 17.4. The predicted octanol–water partition coefficient (Wildman–Crippen LogP) is 8.32. The van der Waals surface area contributed by atoms with Gasteiger partial charge < -0.3 is 10.2 Å². The third-order valence-electron chi connectivity index (χ3n) is 7.94. The van der Waals surface area contributed by atoms with Crippen molar-refractivity contribution in [1.29, 1.82) is 0 Å². The van der Waals surface area contributed by atoms with Gasteiger partial charge in [-0.05, 0) is 93.9 Å². The molecular formula is C29H47ClN4S2. The first kappa shape index (κ1) is 29.7. The monoisotopic (exact) mass is 550 g/mol. The van der Waals surface area contributed by atoms with Crippen molar-refractivity contribution in [1.82, 2.24) is 9.80 Å². The van der Waals surface area contributed by atoms with Gasteiger partial charge in [-0.3, -0.25) is 9.89 Å². The molecule has 0 aromatic heterocycles. The molecule has 0 amide bonds. The molecule has 202 valence electrons. The molecule has 0 aliphatic carbocycles. The number of rotatable bonds is 12. The summed E-state index contributed by atoms with van der Waals surface area (Å²) in [6.07, 6.45) is 11.5. The summed E-state index contributed by atoms with van der Waals surface area (Å²) in [5.41, 5.74) is 0.924. The maximum Gasteiger partial charge on any atom is 0.179 e. The second-order valence-corrected chi connectivity index (χ2v) is 12.5. The summed E-state index contributed by atoms with van der Waals surface area (Å²) in [5, 5.41) is 5.86. The molecule has 36 heavy (non-hydrogen) atoms. The summed E-state index contributed by atoms with van der Waals surface area (Å²) in [4.78, 5) is 9.97. The summed E-state index contributed by atoms with van der Waals surface area (Å²) >= 11 is 13.8. The van der Waals surface area contributed by atoms with Gasteiger partial charge in [-0.2, -0.15) is 0 Å². The van der Waals surface area contributed by atoms with E-state index in [9.17, 15) is 0 Å². The molecule has 2 heterocycles. The first-order valence-corrected chi connectivity index (χ1v) is 16.0. The highest BCUT2D eigenvalue weighted by Crippen LogP contribution is 2.29. The number of likely N-dealkylation sites (tertiary alicyclic amines) is 1. The topological polar surface area (TPSA) is 30.9 Å². The number of amidine groups is 1. The van der Waals surface area contributed by atoms with Crippen LogP contribution in [0, 0.1) is 11.8 Å². The van der Waals surface area contributed by atoms with Gasteiger partial charge in [0.05, 0.1) is 0 Å². The summed E-state index contributed by atoms with van der Waals surface area (Å²) < 4.78 is 0. The van der Waals surface area contributed by atoms with E-state index in [0.717, 1.165) is 59.0 Å². The van der Waals surface area contributed by atoms with Crippen LogP contribution in [0.1, 0.15) is 85.5 Å². The number of aliphatic imine (C=N–C) groups is 1. The average molecular weight is 551 g/mol. The third kappa shape index (κ3) is 8.89. The zero-order valence-electron chi connectivity index (χ0n) is 22.8. The van der Waals surface area contributed by atoms with Gasteiger partial charge >= 0.3 is 0 Å². The van der Waals surface area contributed by atoms with E-state index in [0.29, 0.717) is 11.1 Å². The molecule has 0 saturated carbocycles. The average Bonchev–Trinajstić information content (AvgIpc) is 3.29. The van der Waals surface area contributed by atoms with Crippen LogP contribution in [0.4, 0.5) is 5.69 Å². The lowest BCUT2D eigenvalue weighted by molar-refractivity contribution is 0.105. The van der Waals surface area contributed by atoms with Gasteiger partial charge in [-0.15, -0.1) is 0 Å². The van der Waals surface area contributed by atoms with Crippen LogP contribution in [-0.2, 0) is 0 Å². The molecule has 1 aromatic rings. The Morgan fingerprint density at radius 1 is 1.17 bits per heavy atom. The zero-order valence-corrected chi connectivity index (χ0v) is 25.2. The molecule has 1 aromatic carbocycles. The van der Waals surface area contributed by atoms with Crippen molar-refractivity contribution in [3.8, 4) is 0 Å². The summed E-state index contributed by atoms with van der Waals surface area (Å²) in [6.45, 7) is 12.9. The van der Waals surface area contributed by atoms with Crippen LogP contribution >= 0.6 is 35.6 Å². The second-order valence-electron chi connectivity index (χ2n) is 10.7. The van der Waals surface area contributed by atoms with Crippen LogP contribution in [0.2, 0.25) is 5.02 Å². The number of thiocarbonyl (C=S) groups is 1. The molecule has 4 nitrogen and oxygen atoms in total. The predicted molar refractivity (Wildman–Crippen MR) is 165 cm³/mol. The molecule has 2 aliphatic rings. The van der Waals surface area contributed by atoms with Gasteiger partial charge in [0.1, 0.15) is 0 Å². The van der Waals surface area contributed by atoms with Crippen LogP contribution in [0.25, 0.3) is 0 Å². The summed E-state index contributed by atoms with van der Waals surface area (Å²) in [6, 6.07) is 8.89. The van der Waals surface area contributed by atoms with Crippen molar-refractivity contribution in [2.75, 3.05) is 30.7 Å². The molecule has 0 spiro atoms. The highest BCUT2D eigenvalue weighted by atomic mass is 35.5. The van der Waals surface area contributed by atoms with Gasteiger partial charge in [0.2, 0.25) is 0 Å². The van der Waals surface area contributed by atoms with Gasteiger partial charge in [-0.25, -0.2) is 0 Å². The van der Waals surface area contributed by atoms with Gasteiger partial charge in [0.15, 0.2) is 10.3 Å². The Balaban J connectivity index is 1.38. The van der Waals surface area contributed by atoms with E-state index in [2.05, 4.69) is 42.8 Å². The SMILES string of the molecule is CCC(CCCCCC/N=C1/SCC(CC)N1C(=S)Nc1cccc(Cl)c1)N1CCC(C(C)C)CC1. The van der Waals surface area contributed by atoms with E-state index in [-0.39, 0.29) is 0 Å². The lowest BCUT2D eigenvalue weighted by Gasteiger charge is -2.38. The molecule has 2 saturated heterocycles. The van der Waals surface area contributed by atoms with E-state index in [1.165, 1.54) is 58.0 Å². The van der Waals surface area contributed by atoms with Gasteiger partial charge in [0, 0.05) is 35.1 Å². The van der Waals surface area contributed by atoms with E-state index < -0.39 is 0 Å². The van der Waals surface area contributed by atoms with Crippen LogP contribution in [0.15, 0.2) is 29.3 Å². The number of anilines is 1. The van der Waals surface area contributed by atoms with E-state index >= 15 is 0 Å². The van der Waals surface area contributed by atoms with Crippen molar-refractivity contribution in [3.63, 3.8) is 0 Å². The van der Waals surface area contributed by atoms with Gasteiger partial charge in [0.25, 0.3) is 0 Å². The third-order valence-corrected chi connectivity index (χ3v) is 9.61. The van der Waals surface area contributed by atoms with E-state index in [1.807, 2.05) is 36.0 Å². The van der Waals surface area contributed by atoms with Crippen molar-refractivity contribution >= 4 is 51.5 Å². The molecule has 2 aliphatic heterocycles. The minimum atomic E-state index is 0.393. The molecule has 0 bridgehead atoms. The molecule has 1 N–H and O–H groups in total. The van der Waals surface area contributed by atoms with E-state index in [4.69, 9.17) is 28.8 Å². The molecular weight excluding hydrogens is 504 g/mol. The Hall–Kier alpha value is -0.820. The number of hydrogen-bond acceptors (Lipinski definition) is 4. The number of halogens is 1. The Morgan fingerprint density at radius 2 is 1.92 bits per heavy atom. The fourth-order valence-corrected chi connectivity index (χ4v) is 7.40. The summed E-state index contributed by atoms with van der Waals surface area (Å²) in [5.74, 6) is 2.82. The van der Waals surface area contributed by atoms with Crippen LogP contribution < -0.4 is 5.32 Å².